The highest BCUT2D eigenvalue weighted by Gasteiger charge is 2.45. The first-order valence-electron chi connectivity index (χ1n) is 9.24. The van der Waals surface area contributed by atoms with Crippen molar-refractivity contribution < 1.29 is 9.63 Å². The molecule has 0 aromatic carbocycles. The van der Waals surface area contributed by atoms with Crippen molar-refractivity contribution in [2.45, 2.75) is 38.0 Å². The molecule has 2 aromatic heterocycles. The molecule has 8 nitrogen and oxygen atoms in total. The summed E-state index contributed by atoms with van der Waals surface area (Å²) in [6.45, 7) is 3.06. The average molecular weight is 368 g/mol. The van der Waals surface area contributed by atoms with E-state index in [4.69, 9.17) is 4.84 Å². The highest BCUT2D eigenvalue weighted by molar-refractivity contribution is 6.39. The number of oxime groups is 1. The minimum atomic E-state index is -0.390. The quantitative estimate of drug-likeness (QED) is 0.866. The third-order valence-corrected chi connectivity index (χ3v) is 5.14. The van der Waals surface area contributed by atoms with Gasteiger partial charge in [-0.25, -0.2) is 0 Å². The molecule has 1 spiro atoms. The summed E-state index contributed by atoms with van der Waals surface area (Å²) in [5.41, 5.74) is 2.11. The van der Waals surface area contributed by atoms with Gasteiger partial charge in [-0.3, -0.25) is 19.8 Å². The van der Waals surface area contributed by atoms with Crippen LogP contribution in [-0.2, 0) is 22.7 Å². The molecule has 0 saturated carbocycles. The molecule has 142 valence electrons. The normalized spacial score (nSPS) is 22.5. The van der Waals surface area contributed by atoms with E-state index in [-0.39, 0.29) is 5.91 Å². The second-order valence-electron chi connectivity index (χ2n) is 7.39. The number of hydrogen-bond donors (Lipinski definition) is 1. The van der Waals surface area contributed by atoms with E-state index in [1.54, 1.807) is 18.1 Å². The molecule has 2 aromatic rings. The number of likely N-dealkylation sites (tertiary alicyclic amines) is 1. The van der Waals surface area contributed by atoms with Crippen LogP contribution < -0.4 is 0 Å². The average Bonchev–Trinajstić information content (AvgIpc) is 3.32. The van der Waals surface area contributed by atoms with Gasteiger partial charge in [-0.2, -0.15) is 5.10 Å². The van der Waals surface area contributed by atoms with Gasteiger partial charge in [-0.1, -0.05) is 11.2 Å². The monoisotopic (exact) mass is 368 g/mol. The van der Waals surface area contributed by atoms with Crippen molar-refractivity contribution in [1.82, 2.24) is 25.0 Å². The topological polar surface area (TPSA) is 86.7 Å². The molecule has 0 radical (unpaired) electrons. The number of nitrogens with one attached hydrogen (secondary N) is 1. The van der Waals surface area contributed by atoms with Crippen LogP contribution in [0.15, 0.2) is 41.9 Å². The van der Waals surface area contributed by atoms with Crippen LogP contribution in [-0.4, -0.2) is 62.3 Å². The molecule has 27 heavy (non-hydrogen) atoms. The zero-order valence-corrected chi connectivity index (χ0v) is 15.5. The van der Waals surface area contributed by atoms with Crippen molar-refractivity contribution in [3.63, 3.8) is 0 Å². The van der Waals surface area contributed by atoms with Crippen molar-refractivity contribution >= 4 is 11.6 Å². The summed E-state index contributed by atoms with van der Waals surface area (Å²) in [5.74, 6) is -0.0931. The van der Waals surface area contributed by atoms with Gasteiger partial charge in [-0.05, 0) is 31.5 Å². The molecule has 1 N–H and O–H groups in total. The Balaban J connectivity index is 1.36. The van der Waals surface area contributed by atoms with Crippen LogP contribution in [0.5, 0.6) is 0 Å². The fourth-order valence-corrected chi connectivity index (χ4v) is 3.83. The third-order valence-electron chi connectivity index (χ3n) is 5.14. The number of amides is 1. The molecule has 0 aliphatic carbocycles. The van der Waals surface area contributed by atoms with Crippen LogP contribution in [0.25, 0.3) is 0 Å². The number of aromatic nitrogens is 3. The number of carbonyl (C=O) groups excluding carboxylic acids is 1. The molecule has 1 fully saturated rings. The third kappa shape index (κ3) is 4.00. The van der Waals surface area contributed by atoms with E-state index in [0.717, 1.165) is 43.7 Å². The Labute approximate surface area is 158 Å². The Hall–Kier alpha value is -2.74. The Morgan fingerprint density at radius 1 is 1.44 bits per heavy atom. The predicted molar refractivity (Wildman–Crippen MR) is 99.7 cm³/mol. The van der Waals surface area contributed by atoms with E-state index in [2.05, 4.69) is 25.2 Å². The molecule has 4 heterocycles. The summed E-state index contributed by atoms with van der Waals surface area (Å²) >= 11 is 0. The van der Waals surface area contributed by atoms with Crippen LogP contribution in [0.1, 0.15) is 30.5 Å². The van der Waals surface area contributed by atoms with E-state index in [1.165, 1.54) is 0 Å². The van der Waals surface area contributed by atoms with Crippen molar-refractivity contribution in [3.8, 4) is 0 Å². The number of hydrogen-bond acceptors (Lipinski definition) is 6. The van der Waals surface area contributed by atoms with Gasteiger partial charge in [0.15, 0.2) is 5.60 Å². The summed E-state index contributed by atoms with van der Waals surface area (Å²) in [4.78, 5) is 26.9. The van der Waals surface area contributed by atoms with Gasteiger partial charge in [0, 0.05) is 44.5 Å². The van der Waals surface area contributed by atoms with E-state index >= 15 is 0 Å². The number of H-pyrrole nitrogens is 1. The van der Waals surface area contributed by atoms with Gasteiger partial charge in [0.2, 0.25) is 0 Å². The second kappa shape index (κ2) is 7.48. The minimum absolute atomic E-state index is 0.0931. The van der Waals surface area contributed by atoms with Crippen LogP contribution in [0, 0.1) is 0 Å². The Morgan fingerprint density at radius 3 is 3.15 bits per heavy atom. The number of piperidine rings is 1. The van der Waals surface area contributed by atoms with Crippen LogP contribution in [0.2, 0.25) is 0 Å². The van der Waals surface area contributed by atoms with Crippen molar-refractivity contribution in [2.75, 3.05) is 20.1 Å². The fraction of sp³-hybridized carbons (Fsp3) is 0.474. The molecule has 1 unspecified atom stereocenters. The number of rotatable bonds is 5. The molecule has 1 atom stereocenters. The summed E-state index contributed by atoms with van der Waals surface area (Å²) in [5, 5.41) is 11.0. The first-order valence-corrected chi connectivity index (χ1v) is 9.24. The molecule has 4 rings (SSSR count). The molecule has 2 aliphatic rings. The Bertz CT molecular complexity index is 807. The number of carbonyl (C=O) groups is 1. The van der Waals surface area contributed by atoms with Crippen molar-refractivity contribution in [1.29, 1.82) is 0 Å². The lowest BCUT2D eigenvalue weighted by molar-refractivity contribution is -0.123. The summed E-state index contributed by atoms with van der Waals surface area (Å²) in [6.07, 6.45) is 7.98. The number of aromatic amines is 1. The molecule has 2 aliphatic heterocycles. The van der Waals surface area contributed by atoms with Gasteiger partial charge in [0.05, 0.1) is 18.4 Å². The lowest BCUT2D eigenvalue weighted by atomic mass is 9.88. The lowest BCUT2D eigenvalue weighted by Crippen LogP contribution is -2.48. The van der Waals surface area contributed by atoms with E-state index in [0.29, 0.717) is 18.7 Å². The smallest absolute Gasteiger partial charge is 0.271 e. The Kier molecular flexibility index (Phi) is 4.89. The molecule has 0 bridgehead atoms. The van der Waals surface area contributed by atoms with Gasteiger partial charge >= 0.3 is 0 Å². The van der Waals surface area contributed by atoms with Crippen molar-refractivity contribution in [2.24, 2.45) is 5.16 Å². The van der Waals surface area contributed by atoms with E-state index in [1.807, 2.05) is 30.6 Å². The van der Waals surface area contributed by atoms with Crippen molar-refractivity contribution in [3.05, 3.63) is 48.0 Å². The maximum absolute atomic E-state index is 12.8. The van der Waals surface area contributed by atoms with Crippen LogP contribution in [0.3, 0.4) is 0 Å². The first-order chi connectivity index (χ1) is 13.1. The van der Waals surface area contributed by atoms with Crippen LogP contribution >= 0.6 is 0 Å². The number of nitrogens with zero attached hydrogens (tertiary/aromatic N) is 5. The predicted octanol–water partition coefficient (Wildman–Crippen LogP) is 1.57. The van der Waals surface area contributed by atoms with E-state index in [9.17, 15) is 4.79 Å². The second-order valence-corrected chi connectivity index (χ2v) is 7.39. The lowest BCUT2D eigenvalue weighted by Gasteiger charge is -2.38. The Morgan fingerprint density at radius 2 is 2.37 bits per heavy atom. The molecular formula is C19H24N6O2. The highest BCUT2D eigenvalue weighted by atomic mass is 16.7. The first kappa shape index (κ1) is 17.7. The fourth-order valence-electron chi connectivity index (χ4n) is 3.83. The largest absolute Gasteiger partial charge is 0.387 e. The molecule has 1 amide bonds. The molecule has 1 saturated heterocycles. The maximum Gasteiger partial charge on any atom is 0.271 e. The van der Waals surface area contributed by atoms with Gasteiger partial charge in [0.25, 0.3) is 5.91 Å². The molecular weight excluding hydrogens is 344 g/mol. The van der Waals surface area contributed by atoms with Gasteiger partial charge in [0.1, 0.15) is 5.71 Å². The standard InChI is InChI=1S/C19H24N6O2/c1-24(13-16-5-2-3-7-20-16)18(26)17-9-19(27-23-17)6-4-8-25(14-19)12-15-10-21-22-11-15/h2-3,5,7,10-11H,4,6,8-9,12-14H2,1H3,(H,21,22). The minimum Gasteiger partial charge on any atom is -0.387 e. The maximum atomic E-state index is 12.8. The zero-order chi connectivity index (χ0) is 18.7. The van der Waals surface area contributed by atoms with Gasteiger partial charge < -0.3 is 9.74 Å². The van der Waals surface area contributed by atoms with Crippen LogP contribution in [0.4, 0.5) is 0 Å². The van der Waals surface area contributed by atoms with Gasteiger partial charge in [-0.15, -0.1) is 0 Å². The van der Waals surface area contributed by atoms with E-state index < -0.39 is 5.60 Å². The SMILES string of the molecule is CN(Cc1ccccn1)C(=O)C1=NOC2(CCCN(Cc3cn[nH]c3)C2)C1. The summed E-state index contributed by atoms with van der Waals surface area (Å²) < 4.78 is 0. The highest BCUT2D eigenvalue weighted by Crippen LogP contribution is 2.34. The summed E-state index contributed by atoms with van der Waals surface area (Å²) in [7, 11) is 1.77. The number of pyridine rings is 1. The molecule has 8 heteroatoms. The summed E-state index contributed by atoms with van der Waals surface area (Å²) in [6, 6.07) is 5.69. The zero-order valence-electron chi connectivity index (χ0n) is 15.5.